The maximum Gasteiger partial charge on any atom is 0.211 e. The quantitative estimate of drug-likeness (QED) is 0.391. The van der Waals surface area contributed by atoms with E-state index in [1.807, 2.05) is 18.8 Å². The fourth-order valence-corrected chi connectivity index (χ4v) is 1.52. The van der Waals surface area contributed by atoms with E-state index < -0.39 is 3.42 Å². The Balaban J connectivity index is 0. The van der Waals surface area contributed by atoms with Gasteiger partial charge in [-0.3, -0.25) is 0 Å². The van der Waals surface area contributed by atoms with Crippen LogP contribution < -0.4 is 4.91 Å². The molecule has 0 aromatic carbocycles. The molecule has 0 atom stereocenters. The number of rotatable bonds is 2. The maximum absolute atomic E-state index is 9.35. The van der Waals surface area contributed by atoms with Crippen LogP contribution >= 0.6 is 47.8 Å². The van der Waals surface area contributed by atoms with E-state index >= 15 is 0 Å². The molecule has 72 valence electrons. The van der Waals surface area contributed by atoms with Gasteiger partial charge >= 0.3 is 0 Å². The van der Waals surface area contributed by atoms with Crippen LogP contribution in [-0.4, -0.2) is 13.9 Å². The van der Waals surface area contributed by atoms with E-state index in [0.29, 0.717) is 0 Å². The monoisotopic (exact) mass is 366 g/mol. The fourth-order valence-electron chi connectivity index (χ4n) is 0.0804. The van der Waals surface area contributed by atoms with Crippen LogP contribution in [0.4, 0.5) is 0 Å². The van der Waals surface area contributed by atoms with Gasteiger partial charge in [-0.1, -0.05) is 29.8 Å². The van der Waals surface area contributed by atoms with Crippen molar-refractivity contribution < 1.29 is 5.11 Å². The van der Waals surface area contributed by atoms with E-state index in [4.69, 9.17) is 11.1 Å². The second kappa shape index (κ2) is 6.21. The molecule has 0 saturated heterocycles. The van der Waals surface area contributed by atoms with Crippen molar-refractivity contribution in [3.8, 4) is 0 Å². The summed E-state index contributed by atoms with van der Waals surface area (Å²) >= 11 is 9.49. The van der Waals surface area contributed by atoms with Crippen molar-refractivity contribution in [2.75, 3.05) is 5.33 Å². The number of hydrogen-bond acceptors (Lipinski definition) is 3. The van der Waals surface area contributed by atoms with Crippen LogP contribution in [0.1, 0.15) is 13.8 Å². The third kappa shape index (κ3) is 6.25. The Kier molecular flexibility index (Phi) is 7.86. The van der Waals surface area contributed by atoms with Crippen molar-refractivity contribution in [2.45, 2.75) is 17.3 Å². The largest absolute Gasteiger partial charge is 0.369 e. The van der Waals surface area contributed by atoms with Crippen LogP contribution in [0.3, 0.4) is 0 Å². The minimum Gasteiger partial charge on any atom is -0.369 e. The van der Waals surface area contributed by atoms with E-state index in [0.717, 1.165) is 5.33 Å². The van der Waals surface area contributed by atoms with Gasteiger partial charge in [0.25, 0.3) is 0 Å². The van der Waals surface area contributed by atoms with Crippen LogP contribution in [0, 0.1) is 16.5 Å². The molecule has 4 nitrogen and oxygen atoms in total. The molecule has 0 aliphatic heterocycles. The third-order valence-corrected chi connectivity index (χ3v) is 4.70. The molecular weight excluding hydrogens is 358 g/mol. The smallest absolute Gasteiger partial charge is 0.211 e. The highest BCUT2D eigenvalue weighted by molar-refractivity contribution is 9.25. The summed E-state index contributed by atoms with van der Waals surface area (Å²) in [6.07, 6.45) is 0. The summed E-state index contributed by atoms with van der Waals surface area (Å²) in [5.74, 6) is 0. The second-order valence-corrected chi connectivity index (χ2v) is 6.59. The van der Waals surface area contributed by atoms with Gasteiger partial charge in [-0.25, -0.2) is 0 Å². The third-order valence-electron chi connectivity index (χ3n) is 1.15. The highest BCUT2D eigenvalue weighted by Crippen LogP contribution is 2.42. The summed E-state index contributed by atoms with van der Waals surface area (Å²) in [5, 5.41) is 10.1. The molecule has 0 unspecified atom stereocenters. The topological polar surface area (TPSA) is 82.0 Å². The first-order chi connectivity index (χ1) is 5.22. The molecule has 0 radical (unpaired) electrons. The van der Waals surface area contributed by atoms with Crippen LogP contribution in [0.15, 0.2) is 0 Å². The van der Waals surface area contributed by atoms with Crippen molar-refractivity contribution in [1.82, 2.24) is 4.91 Å². The molecular formula is C5H11Br3N3O+. The molecule has 0 aliphatic carbocycles. The minimum atomic E-state index is -0.976. The molecule has 0 bridgehead atoms. The highest BCUT2D eigenvalue weighted by Gasteiger charge is 2.37. The predicted molar refractivity (Wildman–Crippen MR) is 58.0 cm³/mol. The molecule has 0 saturated carbocycles. The first-order valence-corrected chi connectivity index (χ1v) is 5.63. The van der Waals surface area contributed by atoms with Gasteiger partial charge in [0.05, 0.1) is 0 Å². The van der Waals surface area contributed by atoms with Crippen molar-refractivity contribution in [2.24, 2.45) is 5.41 Å². The van der Waals surface area contributed by atoms with Gasteiger partial charge in [0.1, 0.15) is 11.1 Å². The fraction of sp³-hybridized carbons (Fsp3) is 1.00. The van der Waals surface area contributed by atoms with Gasteiger partial charge in [-0.2, -0.15) is 0 Å². The summed E-state index contributed by atoms with van der Waals surface area (Å²) in [4.78, 5) is 2.00. The molecule has 0 fully saturated rings. The number of aliphatic hydroxyl groups is 1. The van der Waals surface area contributed by atoms with Crippen LogP contribution in [0.5, 0.6) is 0 Å². The standard InChI is InChI=1S/C5H9Br3O.H2N3/c1-4(2,3-6)5(7,8)9;1-3-2/h9H,3H2,1-2H3;1-2H/q;+1. The lowest BCUT2D eigenvalue weighted by molar-refractivity contribution is 0.129. The Morgan fingerprint density at radius 1 is 1.33 bits per heavy atom. The van der Waals surface area contributed by atoms with Gasteiger partial charge in [-0.05, 0) is 31.9 Å². The number of hydrogen-bond donors (Lipinski definition) is 3. The molecule has 7 heteroatoms. The summed E-state index contributed by atoms with van der Waals surface area (Å²) in [5.41, 5.74) is 10.8. The second-order valence-electron chi connectivity index (χ2n) is 2.67. The van der Waals surface area contributed by atoms with E-state index in [2.05, 4.69) is 47.8 Å². The molecule has 0 spiro atoms. The van der Waals surface area contributed by atoms with Gasteiger partial charge < -0.3 is 5.11 Å². The van der Waals surface area contributed by atoms with E-state index in [9.17, 15) is 5.11 Å². The lowest BCUT2D eigenvalue weighted by atomic mass is 9.98. The first kappa shape index (κ1) is 15.2. The zero-order chi connectivity index (χ0) is 10.4. The highest BCUT2D eigenvalue weighted by atomic mass is 79.9. The normalized spacial score (nSPS) is 11.2. The SMILES string of the molecule is CC(C)(CBr)C(O)(Br)Br.N=[N+]=N. The first-order valence-electron chi connectivity index (χ1n) is 2.92. The number of nitrogens with one attached hydrogen (secondary N) is 2. The van der Waals surface area contributed by atoms with Gasteiger partial charge in [0, 0.05) is 10.7 Å². The van der Waals surface area contributed by atoms with Crippen molar-refractivity contribution in [3.63, 3.8) is 0 Å². The lowest BCUT2D eigenvalue weighted by Gasteiger charge is -2.31. The molecule has 0 aromatic rings. The molecule has 12 heavy (non-hydrogen) atoms. The molecule has 0 rings (SSSR count). The summed E-state index contributed by atoms with van der Waals surface area (Å²) < 4.78 is -0.976. The van der Waals surface area contributed by atoms with Gasteiger partial charge in [0.2, 0.25) is 4.91 Å². The lowest BCUT2D eigenvalue weighted by Crippen LogP contribution is -2.34. The summed E-state index contributed by atoms with van der Waals surface area (Å²) in [6.45, 7) is 3.87. The summed E-state index contributed by atoms with van der Waals surface area (Å²) in [7, 11) is 0. The number of halogens is 3. The summed E-state index contributed by atoms with van der Waals surface area (Å²) in [6, 6.07) is 0. The van der Waals surface area contributed by atoms with Crippen LogP contribution in [0.2, 0.25) is 0 Å². The minimum absolute atomic E-state index is 0.215. The zero-order valence-corrected chi connectivity index (χ0v) is 11.5. The van der Waals surface area contributed by atoms with E-state index in [1.165, 1.54) is 0 Å². The Morgan fingerprint density at radius 3 is 1.58 bits per heavy atom. The molecule has 0 aliphatic rings. The average molecular weight is 369 g/mol. The van der Waals surface area contributed by atoms with Crippen molar-refractivity contribution >= 4 is 47.8 Å². The van der Waals surface area contributed by atoms with Gasteiger partial charge in [-0.15, -0.1) is 0 Å². The Hall–Kier alpha value is 0.710. The van der Waals surface area contributed by atoms with Gasteiger partial charge in [0.15, 0.2) is 3.42 Å². The molecule has 0 amide bonds. The number of alkyl halides is 3. The van der Waals surface area contributed by atoms with Crippen molar-refractivity contribution in [3.05, 3.63) is 0 Å². The van der Waals surface area contributed by atoms with Crippen molar-refractivity contribution in [1.29, 1.82) is 11.1 Å². The molecule has 3 N–H and O–H groups in total. The molecule has 0 heterocycles. The Morgan fingerprint density at radius 2 is 1.58 bits per heavy atom. The Labute approximate surface area is 96.5 Å². The molecule has 0 aromatic heterocycles. The Bertz CT molecular complexity index is 160. The van der Waals surface area contributed by atoms with Crippen LogP contribution in [0.25, 0.3) is 0 Å². The predicted octanol–water partition coefficient (Wildman–Crippen LogP) is 2.96. The number of nitrogens with zero attached hydrogens (tertiary/aromatic N) is 1. The van der Waals surface area contributed by atoms with E-state index in [1.54, 1.807) is 0 Å². The zero-order valence-electron chi connectivity index (χ0n) is 6.74. The van der Waals surface area contributed by atoms with E-state index in [-0.39, 0.29) is 5.41 Å². The maximum atomic E-state index is 9.35. The van der Waals surface area contributed by atoms with Crippen LogP contribution in [-0.2, 0) is 0 Å². The average Bonchev–Trinajstić information content (AvgIpc) is 1.87.